The average Bonchev–Trinajstić information content (AvgIpc) is 2.50. The van der Waals surface area contributed by atoms with Crippen molar-refractivity contribution in [2.24, 2.45) is 0 Å². The zero-order valence-corrected chi connectivity index (χ0v) is 7.20. The first-order valence-electron chi connectivity index (χ1n) is 3.23. The molecule has 0 atom stereocenters. The summed E-state index contributed by atoms with van der Waals surface area (Å²) in [5, 5.41) is 16.2. The Bertz CT molecular complexity index is 427. The van der Waals surface area contributed by atoms with Gasteiger partial charge in [-0.1, -0.05) is 0 Å². The van der Waals surface area contributed by atoms with Crippen LogP contribution in [0.4, 0.5) is 0 Å². The number of hydrogen-bond acceptors (Lipinski definition) is 2. The van der Waals surface area contributed by atoms with Gasteiger partial charge >= 0.3 is 0 Å². The Morgan fingerprint density at radius 2 is 2.25 bits per heavy atom. The lowest BCUT2D eigenvalue weighted by atomic mass is 10.2. The van der Waals surface area contributed by atoms with Crippen LogP contribution in [0.3, 0.4) is 0 Å². The maximum absolute atomic E-state index is 8.55. The first kappa shape index (κ1) is 8.62. The zero-order valence-electron chi connectivity index (χ0n) is 6.20. The molecule has 0 saturated heterocycles. The van der Waals surface area contributed by atoms with Gasteiger partial charge in [0.1, 0.15) is 0 Å². The second-order valence-electron chi connectivity index (χ2n) is 2.28. The molecule has 1 heterocycles. The van der Waals surface area contributed by atoms with E-state index in [-0.39, 0.29) is 13.5 Å². The molecule has 2 rings (SSSR count). The Hall–Kier alpha value is -1.47. The van der Waals surface area contributed by atoms with E-state index in [1.54, 1.807) is 18.3 Å². The molecule has 0 aliphatic rings. The summed E-state index contributed by atoms with van der Waals surface area (Å²) in [6.45, 7) is 0. The Kier molecular flexibility index (Phi) is 2.36. The van der Waals surface area contributed by atoms with Crippen LogP contribution in [0.25, 0.3) is 10.9 Å². The van der Waals surface area contributed by atoms with Gasteiger partial charge in [0.05, 0.1) is 23.3 Å². The molecule has 3 nitrogen and oxygen atoms in total. The third-order valence-electron chi connectivity index (χ3n) is 1.57. The normalized spacial score (nSPS) is 8.92. The van der Waals surface area contributed by atoms with E-state index < -0.39 is 0 Å². The molecule has 4 heteroatoms. The van der Waals surface area contributed by atoms with Crippen LogP contribution in [0.15, 0.2) is 24.4 Å². The number of nitrogens with zero attached hydrogens (tertiary/aromatic N) is 2. The topological polar surface area (TPSA) is 52.5 Å². The number of nitrogens with one attached hydrogen (secondary N) is 1. The molecule has 0 spiro atoms. The van der Waals surface area contributed by atoms with Crippen molar-refractivity contribution in [2.75, 3.05) is 0 Å². The fraction of sp³-hybridized carbons (Fsp3) is 0. The summed E-state index contributed by atoms with van der Waals surface area (Å²) < 4.78 is 0. The first-order chi connectivity index (χ1) is 5.40. The molecule has 0 amide bonds. The van der Waals surface area contributed by atoms with E-state index in [0.29, 0.717) is 5.56 Å². The fourth-order valence-electron chi connectivity index (χ4n) is 1.01. The molecule has 0 aliphatic heterocycles. The third-order valence-corrected chi connectivity index (χ3v) is 1.57. The molecule has 1 N–H and O–H groups in total. The number of hydrogen-bond donors (Lipinski definition) is 1. The van der Waals surface area contributed by atoms with Crippen molar-refractivity contribution in [3.63, 3.8) is 0 Å². The number of benzene rings is 1. The largest absolute Gasteiger partial charge is 0.278 e. The number of fused-ring (bicyclic) bond motifs is 1. The molecule has 0 unspecified atom stereocenters. The second kappa shape index (κ2) is 3.28. The molecule has 0 bridgehead atoms. The van der Waals surface area contributed by atoms with Gasteiger partial charge in [0.2, 0.25) is 0 Å². The smallest absolute Gasteiger partial charge is 0.0992 e. The Morgan fingerprint density at radius 3 is 3.00 bits per heavy atom. The molecule has 1 aromatic carbocycles. The lowest BCUT2D eigenvalue weighted by Gasteiger charge is -1.87. The van der Waals surface area contributed by atoms with Crippen LogP contribution in [0.2, 0.25) is 0 Å². The molecule has 1 aromatic heterocycles. The van der Waals surface area contributed by atoms with Gasteiger partial charge < -0.3 is 0 Å². The molecule has 0 fully saturated rings. The van der Waals surface area contributed by atoms with Crippen molar-refractivity contribution in [1.29, 1.82) is 5.26 Å². The summed E-state index contributed by atoms with van der Waals surface area (Å²) >= 11 is 0. The van der Waals surface area contributed by atoms with Crippen LogP contribution >= 0.6 is 13.5 Å². The molecule has 60 valence electrons. The average molecular weight is 177 g/mol. The molecule has 2 aromatic rings. The Labute approximate surface area is 76.5 Å². The number of nitriles is 1. The predicted octanol–water partition coefficient (Wildman–Crippen LogP) is 1.55. The van der Waals surface area contributed by atoms with E-state index >= 15 is 0 Å². The van der Waals surface area contributed by atoms with Crippen molar-refractivity contribution in [3.05, 3.63) is 30.0 Å². The maximum Gasteiger partial charge on any atom is 0.0992 e. The fourth-order valence-corrected chi connectivity index (χ4v) is 1.01. The quantitative estimate of drug-likeness (QED) is 0.663. The van der Waals surface area contributed by atoms with Gasteiger partial charge in [-0.05, 0) is 18.2 Å². The van der Waals surface area contributed by atoms with Crippen LogP contribution < -0.4 is 0 Å². The number of aromatic amines is 1. The zero-order chi connectivity index (χ0) is 7.68. The van der Waals surface area contributed by atoms with Gasteiger partial charge in [-0.2, -0.15) is 23.9 Å². The van der Waals surface area contributed by atoms with Crippen molar-refractivity contribution in [3.8, 4) is 6.07 Å². The lowest BCUT2D eigenvalue weighted by molar-refractivity contribution is 1.12. The van der Waals surface area contributed by atoms with E-state index in [1.165, 1.54) is 0 Å². The SMILES string of the molecule is N#Cc1ccc2cn[nH]c2c1.S. The van der Waals surface area contributed by atoms with Crippen LogP contribution in [-0.2, 0) is 0 Å². The summed E-state index contributed by atoms with van der Waals surface area (Å²) in [5.41, 5.74) is 1.56. The predicted molar refractivity (Wildman–Crippen MR) is 51.2 cm³/mol. The van der Waals surface area contributed by atoms with Gasteiger partial charge in [-0.15, -0.1) is 0 Å². The molecular weight excluding hydrogens is 170 g/mol. The molecule has 0 saturated carbocycles. The van der Waals surface area contributed by atoms with Gasteiger partial charge in [-0.3, -0.25) is 5.10 Å². The summed E-state index contributed by atoms with van der Waals surface area (Å²) in [7, 11) is 0. The molecule has 0 aliphatic carbocycles. The summed E-state index contributed by atoms with van der Waals surface area (Å²) in [6, 6.07) is 7.49. The summed E-state index contributed by atoms with van der Waals surface area (Å²) in [5.74, 6) is 0. The van der Waals surface area contributed by atoms with E-state index in [1.807, 2.05) is 6.07 Å². The van der Waals surface area contributed by atoms with E-state index in [4.69, 9.17) is 5.26 Å². The summed E-state index contributed by atoms with van der Waals surface area (Å²) in [4.78, 5) is 0. The maximum atomic E-state index is 8.55. The number of H-pyrrole nitrogens is 1. The van der Waals surface area contributed by atoms with E-state index in [0.717, 1.165) is 10.9 Å². The highest BCUT2D eigenvalue weighted by atomic mass is 32.1. The minimum atomic E-state index is 0. The van der Waals surface area contributed by atoms with Crippen LogP contribution in [0.5, 0.6) is 0 Å². The van der Waals surface area contributed by atoms with Gasteiger partial charge in [0.15, 0.2) is 0 Å². The van der Waals surface area contributed by atoms with Gasteiger partial charge in [-0.25, -0.2) is 0 Å². The molecule has 12 heavy (non-hydrogen) atoms. The highest BCUT2D eigenvalue weighted by Crippen LogP contribution is 2.11. The molecule has 0 radical (unpaired) electrons. The highest BCUT2D eigenvalue weighted by Gasteiger charge is 1.95. The first-order valence-corrected chi connectivity index (χ1v) is 3.23. The highest BCUT2D eigenvalue weighted by molar-refractivity contribution is 7.59. The second-order valence-corrected chi connectivity index (χ2v) is 2.28. The van der Waals surface area contributed by atoms with Crippen LogP contribution in [0, 0.1) is 11.3 Å². The van der Waals surface area contributed by atoms with Crippen LogP contribution in [-0.4, -0.2) is 10.2 Å². The van der Waals surface area contributed by atoms with E-state index in [9.17, 15) is 0 Å². The minimum Gasteiger partial charge on any atom is -0.278 e. The van der Waals surface area contributed by atoms with Gasteiger partial charge in [0, 0.05) is 5.39 Å². The van der Waals surface area contributed by atoms with Crippen molar-refractivity contribution >= 4 is 24.4 Å². The third kappa shape index (κ3) is 1.27. The van der Waals surface area contributed by atoms with Gasteiger partial charge in [0.25, 0.3) is 0 Å². The number of aromatic nitrogens is 2. The minimum absolute atomic E-state index is 0. The van der Waals surface area contributed by atoms with E-state index in [2.05, 4.69) is 16.3 Å². The van der Waals surface area contributed by atoms with Crippen LogP contribution in [0.1, 0.15) is 5.56 Å². The number of rotatable bonds is 0. The Balaban J connectivity index is 0.000000720. The molecular formula is C8H7N3S. The standard InChI is InChI=1S/C8H5N3.H2S/c9-4-6-1-2-7-5-10-11-8(7)3-6;/h1-3,5H,(H,10,11);1H2. The van der Waals surface area contributed by atoms with Crippen molar-refractivity contribution < 1.29 is 0 Å². The van der Waals surface area contributed by atoms with Crippen molar-refractivity contribution in [2.45, 2.75) is 0 Å². The summed E-state index contributed by atoms with van der Waals surface area (Å²) in [6.07, 6.45) is 1.73. The Morgan fingerprint density at radius 1 is 1.42 bits per heavy atom. The monoisotopic (exact) mass is 177 g/mol. The van der Waals surface area contributed by atoms with Crippen molar-refractivity contribution in [1.82, 2.24) is 10.2 Å². The lowest BCUT2D eigenvalue weighted by Crippen LogP contribution is -1.72.